The highest BCUT2D eigenvalue weighted by molar-refractivity contribution is 7.80. The van der Waals surface area contributed by atoms with Crippen LogP contribution in [0.15, 0.2) is 36.4 Å². The maximum atomic E-state index is 12.2. The molecule has 0 amide bonds. The lowest BCUT2D eigenvalue weighted by atomic mass is 10.2. The minimum Gasteiger partial charge on any atom is -0.493 e. The number of methoxy groups -OCH3 is 3. The smallest absolute Gasteiger partial charge is 0.387 e. The molecule has 0 unspecified atom stereocenters. The standard InChI is InChI=1S/C18H20F2N2O4S/c1-23-14-8-11(9-15(24-2)16(14)25-3)10-21-18(27)22-12-4-6-13(7-5-12)26-17(19)20/h4-9,17H,10H2,1-3H3,(H2,21,22,27). The molecule has 2 N–H and O–H groups in total. The molecular formula is C18H20F2N2O4S. The Morgan fingerprint density at radius 1 is 1.00 bits per heavy atom. The monoisotopic (exact) mass is 398 g/mol. The quantitative estimate of drug-likeness (QED) is 0.656. The Bertz CT molecular complexity index is 747. The zero-order chi connectivity index (χ0) is 19.8. The number of rotatable bonds is 8. The Morgan fingerprint density at radius 3 is 2.07 bits per heavy atom. The van der Waals surface area contributed by atoms with Crippen LogP contribution in [0.1, 0.15) is 5.56 Å². The van der Waals surface area contributed by atoms with E-state index in [1.807, 2.05) is 12.1 Å². The number of ether oxygens (including phenoxy) is 4. The van der Waals surface area contributed by atoms with Crippen LogP contribution in [0.25, 0.3) is 0 Å². The minimum atomic E-state index is -2.86. The van der Waals surface area contributed by atoms with Gasteiger partial charge in [0.05, 0.1) is 21.3 Å². The maximum absolute atomic E-state index is 12.2. The summed E-state index contributed by atoms with van der Waals surface area (Å²) >= 11 is 5.25. The highest BCUT2D eigenvalue weighted by atomic mass is 32.1. The number of nitrogens with one attached hydrogen (secondary N) is 2. The molecular weight excluding hydrogens is 378 g/mol. The fraction of sp³-hybridized carbons (Fsp3) is 0.278. The number of anilines is 1. The number of hydrogen-bond donors (Lipinski definition) is 2. The zero-order valence-electron chi connectivity index (χ0n) is 15.0. The van der Waals surface area contributed by atoms with E-state index in [9.17, 15) is 8.78 Å². The first-order valence-corrected chi connectivity index (χ1v) is 8.26. The van der Waals surface area contributed by atoms with Crippen molar-refractivity contribution in [3.8, 4) is 23.0 Å². The Hall–Kier alpha value is -2.81. The van der Waals surface area contributed by atoms with Crippen molar-refractivity contribution in [1.29, 1.82) is 0 Å². The van der Waals surface area contributed by atoms with Gasteiger partial charge in [-0.2, -0.15) is 8.78 Å². The average Bonchev–Trinajstić information content (AvgIpc) is 2.66. The zero-order valence-corrected chi connectivity index (χ0v) is 15.9. The van der Waals surface area contributed by atoms with E-state index in [0.717, 1.165) is 5.56 Å². The van der Waals surface area contributed by atoms with E-state index in [1.54, 1.807) is 26.4 Å². The van der Waals surface area contributed by atoms with Gasteiger partial charge >= 0.3 is 6.61 Å². The molecule has 0 fully saturated rings. The van der Waals surface area contributed by atoms with E-state index in [1.165, 1.54) is 19.2 Å². The first-order chi connectivity index (χ1) is 13.0. The second-order valence-corrected chi connectivity index (χ2v) is 5.65. The van der Waals surface area contributed by atoms with Crippen molar-refractivity contribution in [3.05, 3.63) is 42.0 Å². The second-order valence-electron chi connectivity index (χ2n) is 5.24. The molecule has 0 saturated carbocycles. The van der Waals surface area contributed by atoms with Crippen molar-refractivity contribution >= 4 is 23.0 Å². The fourth-order valence-corrected chi connectivity index (χ4v) is 2.50. The number of alkyl halides is 2. The summed E-state index contributed by atoms with van der Waals surface area (Å²) in [6, 6.07) is 9.66. The molecule has 0 bridgehead atoms. The molecule has 0 heterocycles. The van der Waals surface area contributed by atoms with Crippen LogP contribution in [0, 0.1) is 0 Å². The molecule has 0 aliphatic carbocycles. The molecule has 9 heteroatoms. The first kappa shape index (κ1) is 20.5. The predicted molar refractivity (Wildman–Crippen MR) is 102 cm³/mol. The first-order valence-electron chi connectivity index (χ1n) is 7.85. The number of hydrogen-bond acceptors (Lipinski definition) is 5. The van der Waals surface area contributed by atoms with Gasteiger partial charge < -0.3 is 29.6 Å². The Morgan fingerprint density at radius 2 is 1.59 bits per heavy atom. The molecule has 2 aromatic carbocycles. The minimum absolute atomic E-state index is 0.0758. The summed E-state index contributed by atoms with van der Waals surface area (Å²) in [7, 11) is 4.62. The average molecular weight is 398 g/mol. The summed E-state index contributed by atoms with van der Waals surface area (Å²) in [5.74, 6) is 1.67. The molecule has 0 atom stereocenters. The van der Waals surface area contributed by atoms with Crippen LogP contribution < -0.4 is 29.6 Å². The lowest BCUT2D eigenvalue weighted by Gasteiger charge is -2.15. The molecule has 27 heavy (non-hydrogen) atoms. The van der Waals surface area contributed by atoms with Gasteiger partial charge in [0.1, 0.15) is 5.75 Å². The molecule has 0 radical (unpaired) electrons. The van der Waals surface area contributed by atoms with E-state index in [4.69, 9.17) is 26.4 Å². The van der Waals surface area contributed by atoms with E-state index >= 15 is 0 Å². The Labute approximate surface area is 161 Å². The van der Waals surface area contributed by atoms with Gasteiger partial charge in [-0.1, -0.05) is 0 Å². The molecule has 0 aliphatic rings. The fourth-order valence-electron chi connectivity index (χ4n) is 2.31. The third-order valence-corrected chi connectivity index (χ3v) is 3.76. The molecule has 0 saturated heterocycles. The van der Waals surface area contributed by atoms with Crippen molar-refractivity contribution < 1.29 is 27.7 Å². The van der Waals surface area contributed by atoms with E-state index in [2.05, 4.69) is 15.4 Å². The van der Waals surface area contributed by atoms with Gasteiger partial charge in [-0.3, -0.25) is 0 Å². The summed E-state index contributed by atoms with van der Waals surface area (Å²) < 4.78 is 44.5. The van der Waals surface area contributed by atoms with Gasteiger partial charge in [-0.05, 0) is 54.2 Å². The molecule has 0 aliphatic heterocycles. The Kier molecular flexibility index (Phi) is 7.42. The highest BCUT2D eigenvalue weighted by Crippen LogP contribution is 2.38. The highest BCUT2D eigenvalue weighted by Gasteiger charge is 2.13. The normalized spacial score (nSPS) is 10.3. The van der Waals surface area contributed by atoms with Gasteiger partial charge in [0, 0.05) is 12.2 Å². The summed E-state index contributed by atoms with van der Waals surface area (Å²) in [4.78, 5) is 0. The number of thiocarbonyl (C=S) groups is 1. The van der Waals surface area contributed by atoms with Crippen molar-refractivity contribution in [3.63, 3.8) is 0 Å². The molecule has 0 aromatic heterocycles. The molecule has 2 rings (SSSR count). The predicted octanol–water partition coefficient (Wildman–Crippen LogP) is 3.80. The third kappa shape index (κ3) is 5.85. The lowest BCUT2D eigenvalue weighted by Crippen LogP contribution is -2.27. The van der Waals surface area contributed by atoms with Crippen LogP contribution in [-0.2, 0) is 6.54 Å². The van der Waals surface area contributed by atoms with Gasteiger partial charge in [0.2, 0.25) is 5.75 Å². The van der Waals surface area contributed by atoms with E-state index in [0.29, 0.717) is 34.6 Å². The molecule has 6 nitrogen and oxygen atoms in total. The van der Waals surface area contributed by atoms with Crippen LogP contribution in [-0.4, -0.2) is 33.1 Å². The third-order valence-electron chi connectivity index (χ3n) is 3.51. The summed E-state index contributed by atoms with van der Waals surface area (Å²) in [5.41, 5.74) is 1.51. The van der Waals surface area contributed by atoms with Crippen molar-refractivity contribution in [2.24, 2.45) is 0 Å². The van der Waals surface area contributed by atoms with Crippen LogP contribution in [0.4, 0.5) is 14.5 Å². The van der Waals surface area contributed by atoms with Crippen molar-refractivity contribution in [1.82, 2.24) is 5.32 Å². The lowest BCUT2D eigenvalue weighted by molar-refractivity contribution is -0.0498. The summed E-state index contributed by atoms with van der Waals surface area (Å²) in [5, 5.41) is 6.38. The van der Waals surface area contributed by atoms with E-state index < -0.39 is 6.61 Å². The molecule has 2 aromatic rings. The van der Waals surface area contributed by atoms with Crippen molar-refractivity contribution in [2.75, 3.05) is 26.6 Å². The number of halogens is 2. The van der Waals surface area contributed by atoms with Crippen LogP contribution in [0.2, 0.25) is 0 Å². The molecule has 0 spiro atoms. The Balaban J connectivity index is 1.97. The summed E-state index contributed by atoms with van der Waals surface area (Å²) in [6.07, 6.45) is 0. The largest absolute Gasteiger partial charge is 0.493 e. The van der Waals surface area contributed by atoms with Gasteiger partial charge in [0.25, 0.3) is 0 Å². The summed E-state index contributed by atoms with van der Waals surface area (Å²) in [6.45, 7) is -2.44. The topological polar surface area (TPSA) is 61.0 Å². The SMILES string of the molecule is COc1cc(CNC(=S)Nc2ccc(OC(F)F)cc2)cc(OC)c1OC. The van der Waals surface area contributed by atoms with Crippen molar-refractivity contribution in [2.45, 2.75) is 13.2 Å². The maximum Gasteiger partial charge on any atom is 0.387 e. The van der Waals surface area contributed by atoms with Gasteiger partial charge in [0.15, 0.2) is 16.6 Å². The van der Waals surface area contributed by atoms with Crippen LogP contribution >= 0.6 is 12.2 Å². The number of benzene rings is 2. The van der Waals surface area contributed by atoms with Crippen LogP contribution in [0.3, 0.4) is 0 Å². The molecule has 146 valence electrons. The van der Waals surface area contributed by atoms with Crippen LogP contribution in [0.5, 0.6) is 23.0 Å². The van der Waals surface area contributed by atoms with Gasteiger partial charge in [-0.25, -0.2) is 0 Å². The van der Waals surface area contributed by atoms with Gasteiger partial charge in [-0.15, -0.1) is 0 Å². The second kappa shape index (κ2) is 9.77. The van der Waals surface area contributed by atoms with E-state index in [-0.39, 0.29) is 5.75 Å².